The second-order valence-corrected chi connectivity index (χ2v) is 9.54. The molecule has 130 valence electrons. The van der Waals surface area contributed by atoms with E-state index in [1.165, 1.54) is 0 Å². The van der Waals surface area contributed by atoms with Crippen LogP contribution in [0, 0.1) is 20.8 Å². The van der Waals surface area contributed by atoms with Gasteiger partial charge < -0.3 is 0 Å². The van der Waals surface area contributed by atoms with Gasteiger partial charge in [0.15, 0.2) is 0 Å². The lowest BCUT2D eigenvalue weighted by Crippen LogP contribution is -2.35. The highest BCUT2D eigenvalue weighted by molar-refractivity contribution is 7.89. The molecule has 0 N–H and O–H groups in total. The van der Waals surface area contributed by atoms with E-state index in [1.807, 2.05) is 44.4 Å². The van der Waals surface area contributed by atoms with E-state index < -0.39 is 10.0 Å². The molecular weight excluding hydrogens is 338 g/mol. The third-order valence-electron chi connectivity index (χ3n) is 4.95. The first-order valence-electron chi connectivity index (χ1n) is 8.54. The molecule has 5 heteroatoms. The van der Waals surface area contributed by atoms with Gasteiger partial charge in [-0.25, -0.2) is 8.42 Å². The fourth-order valence-electron chi connectivity index (χ4n) is 3.47. The number of hydrogen-bond acceptors (Lipinski definition) is 3. The van der Waals surface area contributed by atoms with Crippen molar-refractivity contribution in [2.45, 2.75) is 57.4 Å². The zero-order valence-corrected chi connectivity index (χ0v) is 16.2. The Hall–Kier alpha value is -1.17. The van der Waals surface area contributed by atoms with Crippen LogP contribution in [0.3, 0.4) is 0 Å². The molecule has 0 amide bonds. The maximum absolute atomic E-state index is 13.5. The molecule has 1 aromatic carbocycles. The zero-order chi connectivity index (χ0) is 17.3. The predicted octanol–water partition coefficient (Wildman–Crippen LogP) is 4.98. The monoisotopic (exact) mass is 363 g/mol. The van der Waals surface area contributed by atoms with Crippen molar-refractivity contribution in [3.05, 3.63) is 51.2 Å². The summed E-state index contributed by atoms with van der Waals surface area (Å²) in [5, 5.41) is 2.03. The van der Waals surface area contributed by atoms with E-state index in [-0.39, 0.29) is 6.04 Å². The number of rotatable bonds is 3. The third-order valence-corrected chi connectivity index (χ3v) is 7.98. The highest BCUT2D eigenvalue weighted by Crippen LogP contribution is 2.37. The van der Waals surface area contributed by atoms with Crippen LogP contribution in [-0.4, -0.2) is 19.3 Å². The normalized spacial score (nSPS) is 20.0. The second kappa shape index (κ2) is 6.98. The predicted molar refractivity (Wildman–Crippen MR) is 100 cm³/mol. The number of thiophene rings is 1. The first-order valence-corrected chi connectivity index (χ1v) is 10.9. The Labute approximate surface area is 149 Å². The van der Waals surface area contributed by atoms with E-state index in [1.54, 1.807) is 15.6 Å². The third kappa shape index (κ3) is 3.30. The molecule has 1 atom stereocenters. The number of benzene rings is 1. The van der Waals surface area contributed by atoms with E-state index >= 15 is 0 Å². The quantitative estimate of drug-likeness (QED) is 0.771. The first kappa shape index (κ1) is 17.6. The van der Waals surface area contributed by atoms with Crippen molar-refractivity contribution in [2.24, 2.45) is 0 Å². The maximum atomic E-state index is 13.5. The van der Waals surface area contributed by atoms with Gasteiger partial charge in [-0.2, -0.15) is 4.31 Å². The maximum Gasteiger partial charge on any atom is 0.243 e. The zero-order valence-electron chi connectivity index (χ0n) is 14.6. The smallest absolute Gasteiger partial charge is 0.207 e. The van der Waals surface area contributed by atoms with Gasteiger partial charge in [0.2, 0.25) is 10.0 Å². The Bertz CT molecular complexity index is 810. The fourth-order valence-corrected chi connectivity index (χ4v) is 6.38. The summed E-state index contributed by atoms with van der Waals surface area (Å²) in [6.45, 7) is 6.51. The first-order chi connectivity index (χ1) is 11.4. The van der Waals surface area contributed by atoms with Crippen LogP contribution in [0.25, 0.3) is 0 Å². The summed E-state index contributed by atoms with van der Waals surface area (Å²) in [7, 11) is -3.49. The molecule has 0 aliphatic carbocycles. The van der Waals surface area contributed by atoms with Gasteiger partial charge in [-0.05, 0) is 67.8 Å². The van der Waals surface area contributed by atoms with Crippen molar-refractivity contribution in [2.75, 3.05) is 6.54 Å². The van der Waals surface area contributed by atoms with E-state index in [0.29, 0.717) is 11.4 Å². The van der Waals surface area contributed by atoms with Crippen LogP contribution in [0.4, 0.5) is 0 Å². The summed E-state index contributed by atoms with van der Waals surface area (Å²) < 4.78 is 28.7. The molecule has 1 saturated heterocycles. The minimum absolute atomic E-state index is 0.0292. The highest BCUT2D eigenvalue weighted by Gasteiger charge is 2.34. The van der Waals surface area contributed by atoms with Gasteiger partial charge in [0.05, 0.1) is 10.9 Å². The molecule has 3 nitrogen and oxygen atoms in total. The summed E-state index contributed by atoms with van der Waals surface area (Å²) >= 11 is 1.66. The summed E-state index contributed by atoms with van der Waals surface area (Å²) in [5.74, 6) is 0. The summed E-state index contributed by atoms with van der Waals surface area (Å²) in [5.41, 5.74) is 3.01. The second-order valence-electron chi connectivity index (χ2n) is 6.70. The van der Waals surface area contributed by atoms with Crippen LogP contribution >= 0.6 is 11.3 Å². The van der Waals surface area contributed by atoms with Crippen molar-refractivity contribution < 1.29 is 8.42 Å². The molecule has 24 heavy (non-hydrogen) atoms. The van der Waals surface area contributed by atoms with Crippen molar-refractivity contribution >= 4 is 21.4 Å². The fraction of sp³-hybridized carbons (Fsp3) is 0.474. The lowest BCUT2D eigenvalue weighted by molar-refractivity contribution is 0.333. The van der Waals surface area contributed by atoms with Crippen molar-refractivity contribution in [1.29, 1.82) is 0 Å². The minimum atomic E-state index is -3.49. The summed E-state index contributed by atoms with van der Waals surface area (Å²) in [4.78, 5) is 1.62. The van der Waals surface area contributed by atoms with Crippen LogP contribution < -0.4 is 0 Å². The van der Waals surface area contributed by atoms with Crippen LogP contribution in [-0.2, 0) is 10.0 Å². The molecule has 0 unspecified atom stereocenters. The molecule has 0 spiro atoms. The van der Waals surface area contributed by atoms with Crippen molar-refractivity contribution in [3.63, 3.8) is 0 Å². The largest absolute Gasteiger partial charge is 0.243 e. The number of nitrogens with zero attached hydrogens (tertiary/aromatic N) is 1. The SMILES string of the molecule is Cc1cc(C)c(S(=O)(=O)N2CCCCC[C@H]2c2cccs2)cc1C. The molecule has 2 heterocycles. The van der Waals surface area contributed by atoms with Gasteiger partial charge in [-0.15, -0.1) is 11.3 Å². The number of hydrogen-bond donors (Lipinski definition) is 0. The molecule has 1 aliphatic heterocycles. The van der Waals surface area contributed by atoms with Gasteiger partial charge in [-0.1, -0.05) is 25.0 Å². The molecule has 1 aromatic heterocycles. The Kier molecular flexibility index (Phi) is 5.13. The Morgan fingerprint density at radius 2 is 1.79 bits per heavy atom. The molecule has 0 bridgehead atoms. The summed E-state index contributed by atoms with van der Waals surface area (Å²) in [6, 6.07) is 7.88. The van der Waals surface area contributed by atoms with Gasteiger partial charge in [0.25, 0.3) is 0 Å². The molecule has 0 radical (unpaired) electrons. The van der Waals surface area contributed by atoms with Crippen LogP contribution in [0.1, 0.15) is 53.3 Å². The average molecular weight is 364 g/mol. The lowest BCUT2D eigenvalue weighted by Gasteiger charge is -2.29. The summed E-state index contributed by atoms with van der Waals surface area (Å²) in [6.07, 6.45) is 4.02. The average Bonchev–Trinajstić information content (AvgIpc) is 2.94. The Morgan fingerprint density at radius 1 is 1.04 bits per heavy atom. The molecule has 1 fully saturated rings. The molecular formula is C19H25NO2S2. The van der Waals surface area contributed by atoms with Gasteiger partial charge in [-0.3, -0.25) is 0 Å². The van der Waals surface area contributed by atoms with E-state index in [9.17, 15) is 8.42 Å². The van der Waals surface area contributed by atoms with Crippen molar-refractivity contribution in [1.82, 2.24) is 4.31 Å². The van der Waals surface area contributed by atoms with Crippen molar-refractivity contribution in [3.8, 4) is 0 Å². The molecule has 2 aromatic rings. The topological polar surface area (TPSA) is 37.4 Å². The van der Waals surface area contributed by atoms with E-state index in [2.05, 4.69) is 6.07 Å². The van der Waals surface area contributed by atoms with Crippen LogP contribution in [0.5, 0.6) is 0 Å². The Balaban J connectivity index is 2.07. The molecule has 0 saturated carbocycles. The van der Waals surface area contributed by atoms with Gasteiger partial charge in [0, 0.05) is 11.4 Å². The van der Waals surface area contributed by atoms with E-state index in [4.69, 9.17) is 0 Å². The minimum Gasteiger partial charge on any atom is -0.207 e. The van der Waals surface area contributed by atoms with Gasteiger partial charge >= 0.3 is 0 Å². The van der Waals surface area contributed by atoms with Crippen LogP contribution in [0.15, 0.2) is 34.5 Å². The molecule has 3 rings (SSSR count). The van der Waals surface area contributed by atoms with E-state index in [0.717, 1.165) is 47.3 Å². The molecule has 1 aliphatic rings. The number of sulfonamides is 1. The Morgan fingerprint density at radius 3 is 2.50 bits per heavy atom. The lowest BCUT2D eigenvalue weighted by atomic mass is 10.1. The standard InChI is InChI=1S/C19H25NO2S2/c1-14-12-16(3)19(13-15(14)2)24(21,22)20-10-6-4-5-8-17(20)18-9-7-11-23-18/h7,9,11-13,17H,4-6,8,10H2,1-3H3/t17-/m0/s1. The highest BCUT2D eigenvalue weighted by atomic mass is 32.2. The van der Waals surface area contributed by atoms with Crippen LogP contribution in [0.2, 0.25) is 0 Å². The number of aryl methyl sites for hydroxylation is 3. The van der Waals surface area contributed by atoms with Gasteiger partial charge in [0.1, 0.15) is 0 Å².